The molecule has 0 fully saturated rings. The van der Waals surface area contributed by atoms with Gasteiger partial charge in [0.1, 0.15) is 0 Å². The van der Waals surface area contributed by atoms with Gasteiger partial charge in [-0.1, -0.05) is 25.1 Å². The largest absolute Gasteiger partial charge is 0.310 e. The van der Waals surface area contributed by atoms with Crippen LogP contribution in [0.25, 0.3) is 11.1 Å². The van der Waals surface area contributed by atoms with Crippen molar-refractivity contribution in [1.82, 2.24) is 10.3 Å². The lowest BCUT2D eigenvalue weighted by Crippen LogP contribution is -2.19. The molecule has 2 aromatic rings. The summed E-state index contributed by atoms with van der Waals surface area (Å²) in [6, 6.07) is 9.53. The Morgan fingerprint density at radius 1 is 1.30 bits per heavy atom. The second kappa shape index (κ2) is 5.76. The van der Waals surface area contributed by atoms with Crippen molar-refractivity contribution in [3.8, 4) is 11.1 Å². The van der Waals surface area contributed by atoms with Crippen molar-refractivity contribution >= 4 is 0 Å². The molecule has 0 spiro atoms. The molecule has 0 bridgehead atoms. The molecule has 1 heterocycles. The summed E-state index contributed by atoms with van der Waals surface area (Å²) in [5.41, 5.74) is 6.83. The minimum absolute atomic E-state index is 0.550. The Morgan fingerprint density at radius 3 is 3.00 bits per heavy atom. The summed E-state index contributed by atoms with van der Waals surface area (Å²) in [4.78, 5) is 4.26. The SMILES string of the molecule is CCCNC1CCc2cc(-c3cnccc3C)ccc21. The molecule has 1 aliphatic rings. The van der Waals surface area contributed by atoms with Crippen LogP contribution >= 0.6 is 0 Å². The Hall–Kier alpha value is -1.67. The molecule has 1 N–H and O–H groups in total. The van der Waals surface area contributed by atoms with Crippen LogP contribution in [0.15, 0.2) is 36.7 Å². The molecule has 1 aliphatic carbocycles. The Bertz CT molecular complexity index is 604. The van der Waals surface area contributed by atoms with Crippen molar-refractivity contribution in [3.05, 3.63) is 53.3 Å². The van der Waals surface area contributed by atoms with Crippen LogP contribution in [-0.4, -0.2) is 11.5 Å². The molecule has 0 saturated heterocycles. The van der Waals surface area contributed by atoms with Crippen LogP contribution in [0.3, 0.4) is 0 Å². The van der Waals surface area contributed by atoms with Gasteiger partial charge in [-0.25, -0.2) is 0 Å². The number of pyridine rings is 1. The zero-order chi connectivity index (χ0) is 13.9. The van der Waals surface area contributed by atoms with Crippen molar-refractivity contribution in [1.29, 1.82) is 0 Å². The molecule has 0 amide bonds. The van der Waals surface area contributed by atoms with Crippen molar-refractivity contribution < 1.29 is 0 Å². The lowest BCUT2D eigenvalue weighted by atomic mass is 9.98. The number of rotatable bonds is 4. The molecule has 0 radical (unpaired) electrons. The summed E-state index contributed by atoms with van der Waals surface area (Å²) in [5, 5.41) is 3.65. The van der Waals surface area contributed by atoms with Gasteiger partial charge in [0.15, 0.2) is 0 Å². The molecule has 2 heteroatoms. The summed E-state index contributed by atoms with van der Waals surface area (Å²) in [5.74, 6) is 0. The molecule has 2 nitrogen and oxygen atoms in total. The zero-order valence-electron chi connectivity index (χ0n) is 12.3. The van der Waals surface area contributed by atoms with E-state index in [9.17, 15) is 0 Å². The number of hydrogen-bond acceptors (Lipinski definition) is 2. The highest BCUT2D eigenvalue weighted by atomic mass is 14.9. The van der Waals surface area contributed by atoms with Gasteiger partial charge >= 0.3 is 0 Å². The fourth-order valence-corrected chi connectivity index (χ4v) is 3.08. The third-order valence-electron chi connectivity index (χ3n) is 4.21. The van der Waals surface area contributed by atoms with Crippen LogP contribution in [0.1, 0.15) is 42.5 Å². The Kier molecular flexibility index (Phi) is 3.83. The highest BCUT2D eigenvalue weighted by Crippen LogP contribution is 2.34. The lowest BCUT2D eigenvalue weighted by molar-refractivity contribution is 0.529. The predicted octanol–water partition coefficient (Wildman–Crippen LogP) is 4.04. The average Bonchev–Trinajstić information content (AvgIpc) is 2.88. The van der Waals surface area contributed by atoms with E-state index in [0.717, 1.165) is 6.54 Å². The van der Waals surface area contributed by atoms with Crippen molar-refractivity contribution in [2.45, 2.75) is 39.2 Å². The lowest BCUT2D eigenvalue weighted by Gasteiger charge is -2.14. The van der Waals surface area contributed by atoms with Gasteiger partial charge in [-0.05, 0) is 61.1 Å². The number of hydrogen-bond donors (Lipinski definition) is 1. The first-order valence-electron chi connectivity index (χ1n) is 7.56. The van der Waals surface area contributed by atoms with E-state index in [4.69, 9.17) is 0 Å². The molecule has 0 aliphatic heterocycles. The highest BCUT2D eigenvalue weighted by molar-refractivity contribution is 5.67. The molecule has 1 atom stereocenters. The van der Waals surface area contributed by atoms with Crippen LogP contribution < -0.4 is 5.32 Å². The van der Waals surface area contributed by atoms with E-state index in [1.54, 1.807) is 0 Å². The van der Waals surface area contributed by atoms with Crippen LogP contribution in [0.5, 0.6) is 0 Å². The smallest absolute Gasteiger partial charge is 0.0349 e. The van der Waals surface area contributed by atoms with E-state index in [0.29, 0.717) is 6.04 Å². The Balaban J connectivity index is 1.90. The van der Waals surface area contributed by atoms with E-state index >= 15 is 0 Å². The quantitative estimate of drug-likeness (QED) is 0.903. The molecule has 104 valence electrons. The van der Waals surface area contributed by atoms with E-state index in [1.165, 1.54) is 47.1 Å². The third-order valence-corrected chi connectivity index (χ3v) is 4.21. The van der Waals surface area contributed by atoms with E-state index in [-0.39, 0.29) is 0 Å². The number of aryl methyl sites for hydroxylation is 2. The standard InChI is InChI=1S/C18H22N2/c1-3-9-20-18-7-5-14-11-15(4-6-16(14)18)17-12-19-10-8-13(17)2/h4,6,8,10-12,18,20H,3,5,7,9H2,1-2H3. The number of aromatic nitrogens is 1. The summed E-state index contributed by atoms with van der Waals surface area (Å²) in [6.07, 6.45) is 7.43. The molecular weight excluding hydrogens is 244 g/mol. The Morgan fingerprint density at radius 2 is 2.20 bits per heavy atom. The van der Waals surface area contributed by atoms with Crippen LogP contribution in [-0.2, 0) is 6.42 Å². The normalized spacial score (nSPS) is 17.2. The first-order valence-corrected chi connectivity index (χ1v) is 7.56. The van der Waals surface area contributed by atoms with Crippen LogP contribution in [0, 0.1) is 6.92 Å². The first kappa shape index (κ1) is 13.3. The average molecular weight is 266 g/mol. The molecule has 20 heavy (non-hydrogen) atoms. The molecule has 0 saturated carbocycles. The van der Waals surface area contributed by atoms with Gasteiger partial charge in [-0.3, -0.25) is 4.98 Å². The number of fused-ring (bicyclic) bond motifs is 1. The van der Waals surface area contributed by atoms with Crippen molar-refractivity contribution in [2.75, 3.05) is 6.54 Å². The van der Waals surface area contributed by atoms with E-state index < -0.39 is 0 Å². The summed E-state index contributed by atoms with van der Waals surface area (Å²) < 4.78 is 0. The van der Waals surface area contributed by atoms with E-state index in [2.05, 4.69) is 48.4 Å². The summed E-state index contributed by atoms with van der Waals surface area (Å²) in [7, 11) is 0. The summed E-state index contributed by atoms with van der Waals surface area (Å²) in [6.45, 7) is 5.47. The van der Waals surface area contributed by atoms with Crippen LogP contribution in [0.4, 0.5) is 0 Å². The van der Waals surface area contributed by atoms with Gasteiger partial charge in [-0.2, -0.15) is 0 Å². The van der Waals surface area contributed by atoms with Gasteiger partial charge < -0.3 is 5.32 Å². The molecule has 1 aromatic heterocycles. The third kappa shape index (κ3) is 2.48. The van der Waals surface area contributed by atoms with Crippen molar-refractivity contribution in [2.24, 2.45) is 0 Å². The second-order valence-corrected chi connectivity index (χ2v) is 5.65. The molecule has 1 aromatic carbocycles. The van der Waals surface area contributed by atoms with Gasteiger partial charge in [0.05, 0.1) is 0 Å². The fraction of sp³-hybridized carbons (Fsp3) is 0.389. The maximum Gasteiger partial charge on any atom is 0.0349 e. The van der Waals surface area contributed by atoms with Gasteiger partial charge in [0.25, 0.3) is 0 Å². The number of nitrogens with zero attached hydrogens (tertiary/aromatic N) is 1. The Labute approximate surface area is 121 Å². The maximum absolute atomic E-state index is 4.26. The molecular formula is C18H22N2. The number of nitrogens with one attached hydrogen (secondary N) is 1. The monoisotopic (exact) mass is 266 g/mol. The van der Waals surface area contributed by atoms with E-state index in [1.807, 2.05) is 12.4 Å². The highest BCUT2D eigenvalue weighted by Gasteiger charge is 2.22. The van der Waals surface area contributed by atoms with Gasteiger partial charge in [-0.15, -0.1) is 0 Å². The zero-order valence-corrected chi connectivity index (χ0v) is 12.3. The minimum atomic E-state index is 0.550. The van der Waals surface area contributed by atoms with Gasteiger partial charge in [0, 0.05) is 24.0 Å². The minimum Gasteiger partial charge on any atom is -0.310 e. The first-order chi connectivity index (χ1) is 9.79. The maximum atomic E-state index is 4.26. The topological polar surface area (TPSA) is 24.9 Å². The van der Waals surface area contributed by atoms with Gasteiger partial charge in [0.2, 0.25) is 0 Å². The summed E-state index contributed by atoms with van der Waals surface area (Å²) >= 11 is 0. The fourth-order valence-electron chi connectivity index (χ4n) is 3.08. The molecule has 3 rings (SSSR count). The van der Waals surface area contributed by atoms with Crippen molar-refractivity contribution in [3.63, 3.8) is 0 Å². The number of benzene rings is 1. The predicted molar refractivity (Wildman–Crippen MR) is 83.8 cm³/mol. The van der Waals surface area contributed by atoms with Crippen LogP contribution in [0.2, 0.25) is 0 Å². The molecule has 1 unspecified atom stereocenters. The second-order valence-electron chi connectivity index (χ2n) is 5.65.